The van der Waals surface area contributed by atoms with Crippen LogP contribution < -0.4 is 21.7 Å². The molecule has 31 heavy (non-hydrogen) atoms. The molecule has 7 nitrogen and oxygen atoms in total. The SMILES string of the molecule is CC(CCCCN)NC(=O)CC[C@@H](C)NC(=O)C(C)NC(=O)/C=C/c1ccc(F)cc1. The lowest BCUT2D eigenvalue weighted by atomic mass is 10.1. The van der Waals surface area contributed by atoms with Gasteiger partial charge < -0.3 is 21.7 Å². The van der Waals surface area contributed by atoms with E-state index in [2.05, 4.69) is 16.0 Å². The second-order valence-corrected chi connectivity index (χ2v) is 7.82. The maximum atomic E-state index is 12.9. The summed E-state index contributed by atoms with van der Waals surface area (Å²) in [7, 11) is 0. The van der Waals surface area contributed by atoms with E-state index < -0.39 is 11.9 Å². The van der Waals surface area contributed by atoms with E-state index in [-0.39, 0.29) is 29.7 Å². The molecule has 8 heteroatoms. The summed E-state index contributed by atoms with van der Waals surface area (Å²) in [6.45, 7) is 6.02. The van der Waals surface area contributed by atoms with Crippen molar-refractivity contribution >= 4 is 23.8 Å². The molecule has 0 fully saturated rings. The molecule has 172 valence electrons. The zero-order valence-electron chi connectivity index (χ0n) is 18.6. The van der Waals surface area contributed by atoms with Crippen molar-refractivity contribution in [1.29, 1.82) is 0 Å². The van der Waals surface area contributed by atoms with Crippen molar-refractivity contribution in [3.8, 4) is 0 Å². The van der Waals surface area contributed by atoms with Crippen LogP contribution >= 0.6 is 0 Å². The topological polar surface area (TPSA) is 113 Å². The summed E-state index contributed by atoms with van der Waals surface area (Å²) < 4.78 is 12.9. The number of benzene rings is 1. The Morgan fingerprint density at radius 2 is 1.61 bits per heavy atom. The minimum absolute atomic E-state index is 0.0476. The summed E-state index contributed by atoms with van der Waals surface area (Å²) in [6, 6.07) is 4.86. The van der Waals surface area contributed by atoms with Crippen molar-refractivity contribution in [2.45, 2.75) is 71.0 Å². The van der Waals surface area contributed by atoms with Crippen molar-refractivity contribution in [1.82, 2.24) is 16.0 Å². The molecular weight excluding hydrogens is 399 g/mol. The minimum Gasteiger partial charge on any atom is -0.354 e. The fourth-order valence-electron chi connectivity index (χ4n) is 2.87. The summed E-state index contributed by atoms with van der Waals surface area (Å²) >= 11 is 0. The normalized spacial score (nSPS) is 14.0. The van der Waals surface area contributed by atoms with Gasteiger partial charge in [0, 0.05) is 24.6 Å². The van der Waals surface area contributed by atoms with Gasteiger partial charge in [-0.3, -0.25) is 14.4 Å². The molecule has 0 spiro atoms. The third-order valence-electron chi connectivity index (χ3n) is 4.74. The first-order valence-electron chi connectivity index (χ1n) is 10.7. The molecule has 0 radical (unpaired) electrons. The highest BCUT2D eigenvalue weighted by molar-refractivity contribution is 5.95. The van der Waals surface area contributed by atoms with Gasteiger partial charge in [-0.25, -0.2) is 4.39 Å². The summed E-state index contributed by atoms with van der Waals surface area (Å²) in [6.07, 6.45) is 6.45. The highest BCUT2D eigenvalue weighted by Gasteiger charge is 2.17. The molecule has 0 aliphatic heterocycles. The van der Waals surface area contributed by atoms with Crippen LogP contribution in [0.15, 0.2) is 30.3 Å². The Balaban J connectivity index is 2.31. The van der Waals surface area contributed by atoms with E-state index in [1.807, 2.05) is 13.8 Å². The summed E-state index contributed by atoms with van der Waals surface area (Å²) in [4.78, 5) is 36.3. The highest BCUT2D eigenvalue weighted by Crippen LogP contribution is 2.05. The molecule has 1 rings (SSSR count). The molecule has 0 aliphatic rings. The number of hydrogen-bond acceptors (Lipinski definition) is 4. The maximum absolute atomic E-state index is 12.9. The van der Waals surface area contributed by atoms with Gasteiger partial charge in [0.15, 0.2) is 0 Å². The van der Waals surface area contributed by atoms with E-state index >= 15 is 0 Å². The lowest BCUT2D eigenvalue weighted by molar-refractivity contribution is -0.127. The molecule has 2 unspecified atom stereocenters. The predicted octanol–water partition coefficient (Wildman–Crippen LogP) is 2.26. The number of halogens is 1. The zero-order valence-corrected chi connectivity index (χ0v) is 18.6. The summed E-state index contributed by atoms with van der Waals surface area (Å²) in [5.41, 5.74) is 6.14. The smallest absolute Gasteiger partial charge is 0.244 e. The first-order valence-corrected chi connectivity index (χ1v) is 10.7. The largest absolute Gasteiger partial charge is 0.354 e. The number of amides is 3. The second-order valence-electron chi connectivity index (χ2n) is 7.82. The van der Waals surface area contributed by atoms with E-state index in [0.29, 0.717) is 24.9 Å². The van der Waals surface area contributed by atoms with Crippen molar-refractivity contribution in [3.63, 3.8) is 0 Å². The summed E-state index contributed by atoms with van der Waals surface area (Å²) in [5, 5.41) is 8.33. The van der Waals surface area contributed by atoms with Crippen LogP contribution in [0.5, 0.6) is 0 Å². The van der Waals surface area contributed by atoms with Crippen LogP contribution in [-0.4, -0.2) is 42.4 Å². The zero-order chi connectivity index (χ0) is 23.2. The number of hydrogen-bond donors (Lipinski definition) is 4. The average molecular weight is 435 g/mol. The van der Waals surface area contributed by atoms with Gasteiger partial charge in [-0.1, -0.05) is 18.6 Å². The molecule has 3 atom stereocenters. The molecule has 5 N–H and O–H groups in total. The van der Waals surface area contributed by atoms with Gasteiger partial charge >= 0.3 is 0 Å². The van der Waals surface area contributed by atoms with Crippen molar-refractivity contribution < 1.29 is 18.8 Å². The Bertz CT molecular complexity index is 737. The van der Waals surface area contributed by atoms with Crippen molar-refractivity contribution in [2.24, 2.45) is 5.73 Å². The van der Waals surface area contributed by atoms with Crippen molar-refractivity contribution in [2.75, 3.05) is 6.54 Å². The van der Waals surface area contributed by atoms with Crippen molar-refractivity contribution in [3.05, 3.63) is 41.7 Å². The van der Waals surface area contributed by atoms with Crippen LogP contribution in [0.3, 0.4) is 0 Å². The van der Waals surface area contributed by atoms with E-state index in [1.165, 1.54) is 24.3 Å². The van der Waals surface area contributed by atoms with Gasteiger partial charge in [-0.15, -0.1) is 0 Å². The van der Waals surface area contributed by atoms with Gasteiger partial charge in [-0.05, 0) is 70.4 Å². The third-order valence-corrected chi connectivity index (χ3v) is 4.74. The van der Waals surface area contributed by atoms with Gasteiger partial charge in [0.2, 0.25) is 17.7 Å². The highest BCUT2D eigenvalue weighted by atomic mass is 19.1. The Labute approximate surface area is 184 Å². The van der Waals surface area contributed by atoms with Crippen LogP contribution in [0.4, 0.5) is 4.39 Å². The molecule has 0 saturated carbocycles. The number of unbranched alkanes of at least 4 members (excludes halogenated alkanes) is 1. The predicted molar refractivity (Wildman–Crippen MR) is 120 cm³/mol. The standard InChI is InChI=1S/C23H35FN4O3/c1-16(6-4-5-15-25)26-21(29)13-7-17(2)27-23(31)18(3)28-22(30)14-10-19-8-11-20(24)12-9-19/h8-12,14,16-18H,4-7,13,15,25H2,1-3H3,(H,26,29)(H,27,31)(H,28,30)/b14-10+/t16?,17-,18?/m1/s1. The average Bonchev–Trinajstić information content (AvgIpc) is 2.72. The fourth-order valence-corrected chi connectivity index (χ4v) is 2.87. The van der Waals surface area contributed by atoms with Gasteiger partial charge in [0.25, 0.3) is 0 Å². The second kappa shape index (κ2) is 14.3. The monoisotopic (exact) mass is 434 g/mol. The molecule has 0 aliphatic carbocycles. The molecule has 0 saturated heterocycles. The first kappa shape index (κ1) is 26.3. The van der Waals surface area contributed by atoms with Crippen LogP contribution in [0.1, 0.15) is 58.4 Å². The Morgan fingerprint density at radius 3 is 2.26 bits per heavy atom. The Morgan fingerprint density at radius 1 is 0.968 bits per heavy atom. The van der Waals surface area contributed by atoms with Gasteiger partial charge in [0.05, 0.1) is 0 Å². The number of nitrogens with one attached hydrogen (secondary N) is 3. The van der Waals surface area contributed by atoms with E-state index in [0.717, 1.165) is 19.3 Å². The fraction of sp³-hybridized carbons (Fsp3) is 0.522. The molecule has 0 heterocycles. The molecule has 1 aromatic carbocycles. The number of rotatable bonds is 13. The van der Waals surface area contributed by atoms with Crippen LogP contribution in [0.2, 0.25) is 0 Å². The molecule has 1 aromatic rings. The van der Waals surface area contributed by atoms with E-state index in [1.54, 1.807) is 19.1 Å². The van der Waals surface area contributed by atoms with E-state index in [9.17, 15) is 18.8 Å². The summed E-state index contributed by atoms with van der Waals surface area (Å²) in [5.74, 6) is -1.15. The first-order chi connectivity index (χ1) is 14.7. The number of nitrogens with two attached hydrogens (primary N) is 1. The molecular formula is C23H35FN4O3. The van der Waals surface area contributed by atoms with Gasteiger partial charge in [0.1, 0.15) is 11.9 Å². The quantitative estimate of drug-likeness (QED) is 0.282. The Kier molecular flexibility index (Phi) is 12.1. The minimum atomic E-state index is -0.732. The van der Waals surface area contributed by atoms with Gasteiger partial charge in [-0.2, -0.15) is 0 Å². The van der Waals surface area contributed by atoms with Crippen LogP contribution in [0.25, 0.3) is 6.08 Å². The number of carbonyl (C=O) groups is 3. The molecule has 0 aromatic heterocycles. The van der Waals surface area contributed by atoms with Crippen LogP contribution in [-0.2, 0) is 14.4 Å². The Hall–Kier alpha value is -2.74. The number of carbonyl (C=O) groups excluding carboxylic acids is 3. The third kappa shape index (κ3) is 11.9. The van der Waals surface area contributed by atoms with Crippen LogP contribution in [0, 0.1) is 5.82 Å². The van der Waals surface area contributed by atoms with E-state index in [4.69, 9.17) is 5.73 Å². The lowest BCUT2D eigenvalue weighted by Gasteiger charge is -2.19. The maximum Gasteiger partial charge on any atom is 0.244 e. The molecule has 0 bridgehead atoms. The lowest BCUT2D eigenvalue weighted by Crippen LogP contribution is -2.47. The molecule has 3 amide bonds.